The Morgan fingerprint density at radius 3 is 1.65 bits per heavy atom. The van der Waals surface area contributed by atoms with Gasteiger partial charge in [0.25, 0.3) is 0 Å². The molecule has 0 amide bonds. The topological polar surface area (TPSA) is 0 Å². The van der Waals surface area contributed by atoms with Gasteiger partial charge in [-0.25, -0.2) is 0 Å². The summed E-state index contributed by atoms with van der Waals surface area (Å²) in [4.78, 5) is 0. The van der Waals surface area contributed by atoms with Crippen LogP contribution in [0.3, 0.4) is 0 Å². The number of hydrogen-bond acceptors (Lipinski definition) is 0. The van der Waals surface area contributed by atoms with Gasteiger partial charge in [-0.3, -0.25) is 0 Å². The fourth-order valence-corrected chi connectivity index (χ4v) is 3.25. The minimum atomic E-state index is 0. The fourth-order valence-electron chi connectivity index (χ4n) is 3.25. The molecule has 0 radical (unpaired) electrons. The second-order valence-corrected chi connectivity index (χ2v) is 6.07. The van der Waals surface area contributed by atoms with Gasteiger partial charge in [-0.05, 0) is 53.3 Å². The Bertz CT molecular complexity index is 830. The first-order valence-corrected chi connectivity index (χ1v) is 7.71. The van der Waals surface area contributed by atoms with Crippen LogP contribution in [-0.2, 0) is 0 Å². The van der Waals surface area contributed by atoms with Crippen molar-refractivity contribution in [3.8, 4) is 11.1 Å². The van der Waals surface area contributed by atoms with Gasteiger partial charge in [-0.15, -0.1) is 0 Å². The van der Waals surface area contributed by atoms with Crippen molar-refractivity contribution in [2.45, 2.75) is 21.3 Å². The van der Waals surface area contributed by atoms with E-state index < -0.39 is 0 Å². The van der Waals surface area contributed by atoms with Crippen LogP contribution in [0.5, 0.6) is 0 Å². The van der Waals surface area contributed by atoms with Crippen LogP contribution in [-0.4, -0.2) is 0 Å². The van der Waals surface area contributed by atoms with E-state index in [-0.39, 0.29) is 7.43 Å². The molecule has 3 aromatic rings. The molecule has 0 aromatic heterocycles. The molecular weight excluding hydrogens is 276 g/mol. The van der Waals surface area contributed by atoms with Gasteiger partial charge in [0.05, 0.1) is 0 Å². The molecule has 0 N–H and O–H groups in total. The van der Waals surface area contributed by atoms with E-state index in [1.807, 2.05) is 0 Å². The predicted molar refractivity (Wildman–Crippen MR) is 101 cm³/mol. The first kappa shape index (κ1) is 15.3. The third kappa shape index (κ3) is 2.61. The highest BCUT2D eigenvalue weighted by atomic mass is 14.3. The van der Waals surface area contributed by atoms with Crippen LogP contribution in [0.25, 0.3) is 22.8 Å². The fraction of sp³-hybridized carbons (Fsp3) is 0.130. The predicted octanol–water partition coefficient (Wildman–Crippen LogP) is 6.51. The zero-order valence-electron chi connectivity index (χ0n) is 12.9. The average Bonchev–Trinajstić information content (AvgIpc) is 2.81. The number of fused-ring (bicyclic) bond motifs is 3. The lowest BCUT2D eigenvalue weighted by molar-refractivity contribution is 1.46. The highest BCUT2D eigenvalue weighted by molar-refractivity contribution is 6.06. The molecule has 0 bridgehead atoms. The van der Waals surface area contributed by atoms with Crippen molar-refractivity contribution < 1.29 is 0 Å². The van der Waals surface area contributed by atoms with Gasteiger partial charge in [0, 0.05) is 0 Å². The summed E-state index contributed by atoms with van der Waals surface area (Å²) >= 11 is 0. The van der Waals surface area contributed by atoms with Gasteiger partial charge in [0.1, 0.15) is 0 Å². The second-order valence-electron chi connectivity index (χ2n) is 6.07. The van der Waals surface area contributed by atoms with E-state index >= 15 is 0 Å². The van der Waals surface area contributed by atoms with E-state index in [0.717, 1.165) is 0 Å². The second kappa shape index (κ2) is 5.89. The number of hydrogen-bond donors (Lipinski definition) is 0. The molecule has 3 aromatic carbocycles. The van der Waals surface area contributed by atoms with Crippen molar-refractivity contribution in [1.29, 1.82) is 0 Å². The molecule has 1 aliphatic carbocycles. The third-order valence-corrected chi connectivity index (χ3v) is 4.33. The first-order chi connectivity index (χ1) is 10.7. The lowest BCUT2D eigenvalue weighted by Crippen LogP contribution is -1.84. The Kier molecular flexibility index (Phi) is 3.92. The van der Waals surface area contributed by atoms with E-state index in [4.69, 9.17) is 0 Å². The molecular formula is C23H22. The number of benzene rings is 3. The minimum Gasteiger partial charge on any atom is -0.0776 e. The first-order valence-electron chi connectivity index (χ1n) is 7.71. The molecule has 0 atom stereocenters. The molecule has 1 aliphatic rings. The maximum atomic E-state index is 2.31. The smallest absolute Gasteiger partial charge is 0.00928 e. The SMILES string of the molecule is C.Cc1ccc2c(c1)C(=Cc1ccccc1)c1cc(C)ccc1-2. The van der Waals surface area contributed by atoms with Gasteiger partial charge in [0.15, 0.2) is 0 Å². The molecule has 23 heavy (non-hydrogen) atoms. The van der Waals surface area contributed by atoms with Gasteiger partial charge in [-0.2, -0.15) is 0 Å². The summed E-state index contributed by atoms with van der Waals surface area (Å²) in [6.45, 7) is 4.32. The molecule has 114 valence electrons. The average molecular weight is 298 g/mol. The number of aryl methyl sites for hydroxylation is 2. The van der Waals surface area contributed by atoms with E-state index in [1.165, 1.54) is 44.5 Å². The molecule has 0 nitrogen and oxygen atoms in total. The van der Waals surface area contributed by atoms with Crippen molar-refractivity contribution >= 4 is 11.6 Å². The van der Waals surface area contributed by atoms with Crippen molar-refractivity contribution in [1.82, 2.24) is 0 Å². The standard InChI is InChI=1S/C22H18.CH4/c1-15-8-10-18-19-11-9-16(2)13-21(19)22(20(18)12-15)14-17-6-4-3-5-7-17;/h3-14H,1-2H3;1H4. The Morgan fingerprint density at radius 1 is 0.609 bits per heavy atom. The molecule has 0 heterocycles. The summed E-state index contributed by atoms with van der Waals surface area (Å²) in [5, 5.41) is 0. The zero-order chi connectivity index (χ0) is 15.1. The largest absolute Gasteiger partial charge is 0.0776 e. The maximum absolute atomic E-state index is 2.31. The molecule has 0 unspecified atom stereocenters. The highest BCUT2D eigenvalue weighted by Crippen LogP contribution is 2.45. The molecule has 0 heteroatoms. The van der Waals surface area contributed by atoms with E-state index in [1.54, 1.807) is 0 Å². The van der Waals surface area contributed by atoms with Crippen LogP contribution in [0.4, 0.5) is 0 Å². The minimum absolute atomic E-state index is 0. The lowest BCUT2D eigenvalue weighted by Gasteiger charge is -2.05. The highest BCUT2D eigenvalue weighted by Gasteiger charge is 2.23. The van der Waals surface area contributed by atoms with E-state index in [2.05, 4.69) is 86.7 Å². The Hall–Kier alpha value is -2.60. The van der Waals surface area contributed by atoms with Crippen molar-refractivity contribution in [2.75, 3.05) is 0 Å². The molecule has 0 spiro atoms. The van der Waals surface area contributed by atoms with Crippen molar-refractivity contribution in [3.63, 3.8) is 0 Å². The van der Waals surface area contributed by atoms with Gasteiger partial charge >= 0.3 is 0 Å². The number of rotatable bonds is 1. The molecule has 0 saturated heterocycles. The molecule has 4 rings (SSSR count). The quantitative estimate of drug-likeness (QED) is 0.376. The Balaban J connectivity index is 0.00000156. The van der Waals surface area contributed by atoms with Crippen molar-refractivity contribution in [3.05, 3.63) is 94.5 Å². The molecule has 0 fully saturated rings. The zero-order valence-corrected chi connectivity index (χ0v) is 12.9. The summed E-state index contributed by atoms with van der Waals surface area (Å²) in [5.74, 6) is 0. The Labute approximate surface area is 139 Å². The van der Waals surface area contributed by atoms with Crippen LogP contribution in [0.1, 0.15) is 35.2 Å². The molecule has 0 saturated carbocycles. The van der Waals surface area contributed by atoms with Gasteiger partial charge < -0.3 is 0 Å². The summed E-state index contributed by atoms with van der Waals surface area (Å²) in [5.41, 5.74) is 10.6. The van der Waals surface area contributed by atoms with Gasteiger partial charge in [0.2, 0.25) is 0 Å². The summed E-state index contributed by atoms with van der Waals surface area (Å²) < 4.78 is 0. The normalized spacial score (nSPS) is 11.5. The molecule has 0 aliphatic heterocycles. The van der Waals surface area contributed by atoms with Crippen LogP contribution in [0.2, 0.25) is 0 Å². The third-order valence-electron chi connectivity index (χ3n) is 4.33. The summed E-state index contributed by atoms with van der Waals surface area (Å²) in [6.07, 6.45) is 2.31. The van der Waals surface area contributed by atoms with Crippen LogP contribution < -0.4 is 0 Å². The van der Waals surface area contributed by atoms with E-state index in [0.29, 0.717) is 0 Å². The van der Waals surface area contributed by atoms with Crippen LogP contribution in [0, 0.1) is 13.8 Å². The Morgan fingerprint density at radius 2 is 1.13 bits per heavy atom. The maximum Gasteiger partial charge on any atom is -0.00928 e. The monoisotopic (exact) mass is 298 g/mol. The lowest BCUT2D eigenvalue weighted by atomic mass is 9.99. The van der Waals surface area contributed by atoms with Crippen molar-refractivity contribution in [2.24, 2.45) is 0 Å². The van der Waals surface area contributed by atoms with Crippen LogP contribution >= 0.6 is 0 Å². The van der Waals surface area contributed by atoms with Gasteiger partial charge in [-0.1, -0.05) is 85.3 Å². The summed E-state index contributed by atoms with van der Waals surface area (Å²) in [7, 11) is 0. The van der Waals surface area contributed by atoms with E-state index in [9.17, 15) is 0 Å². The summed E-state index contributed by atoms with van der Waals surface area (Å²) in [6, 6.07) is 24.1. The van der Waals surface area contributed by atoms with Crippen LogP contribution in [0.15, 0.2) is 66.7 Å².